The summed E-state index contributed by atoms with van der Waals surface area (Å²) < 4.78 is 0. The molecule has 1 aliphatic carbocycles. The van der Waals surface area contributed by atoms with E-state index in [2.05, 4.69) is 0 Å². The Morgan fingerprint density at radius 2 is 1.67 bits per heavy atom. The van der Waals surface area contributed by atoms with Crippen LogP contribution in [0.15, 0.2) is 24.3 Å². The number of carbonyl (C=O) groups is 2. The molecular weight excluding hydrogens is 230 g/mol. The largest absolute Gasteiger partial charge is 0.393 e. The van der Waals surface area contributed by atoms with E-state index in [0.717, 1.165) is 19.3 Å². The second-order valence-electron chi connectivity index (χ2n) is 5.00. The summed E-state index contributed by atoms with van der Waals surface area (Å²) in [7, 11) is 0. The van der Waals surface area contributed by atoms with Crippen LogP contribution in [0.1, 0.15) is 46.4 Å². The van der Waals surface area contributed by atoms with E-state index in [4.69, 9.17) is 0 Å². The molecule has 4 heteroatoms. The third-order valence-electron chi connectivity index (χ3n) is 3.81. The topological polar surface area (TPSA) is 57.6 Å². The van der Waals surface area contributed by atoms with E-state index in [1.54, 1.807) is 24.3 Å². The van der Waals surface area contributed by atoms with E-state index in [1.165, 1.54) is 4.90 Å². The van der Waals surface area contributed by atoms with Crippen LogP contribution >= 0.6 is 0 Å². The summed E-state index contributed by atoms with van der Waals surface area (Å²) in [6, 6.07) is 6.76. The molecule has 0 spiro atoms. The van der Waals surface area contributed by atoms with E-state index in [-0.39, 0.29) is 17.9 Å². The average molecular weight is 245 g/mol. The Hall–Kier alpha value is -1.68. The highest BCUT2D eigenvalue weighted by molar-refractivity contribution is 6.21. The number of amides is 2. The van der Waals surface area contributed by atoms with E-state index < -0.39 is 6.10 Å². The lowest BCUT2D eigenvalue weighted by Gasteiger charge is -2.31. The molecule has 2 aliphatic rings. The Labute approximate surface area is 105 Å². The Bertz CT molecular complexity index is 477. The fraction of sp³-hybridized carbons (Fsp3) is 0.429. The van der Waals surface area contributed by atoms with Crippen LogP contribution in [0, 0.1) is 0 Å². The lowest BCUT2D eigenvalue weighted by Crippen LogP contribution is -2.43. The number of rotatable bonds is 1. The average Bonchev–Trinajstić information content (AvgIpc) is 2.63. The molecule has 1 fully saturated rings. The maximum atomic E-state index is 12.2. The third kappa shape index (κ3) is 1.64. The molecule has 0 bridgehead atoms. The Morgan fingerprint density at radius 1 is 1.06 bits per heavy atom. The van der Waals surface area contributed by atoms with Gasteiger partial charge in [-0.05, 0) is 37.8 Å². The lowest BCUT2D eigenvalue weighted by molar-refractivity contribution is 0.0415. The normalized spacial score (nSPS) is 27.5. The molecule has 2 atom stereocenters. The molecule has 1 N–H and O–H groups in total. The second kappa shape index (κ2) is 4.21. The summed E-state index contributed by atoms with van der Waals surface area (Å²) in [5.74, 6) is -0.426. The lowest BCUT2D eigenvalue weighted by atomic mass is 9.92. The van der Waals surface area contributed by atoms with Gasteiger partial charge < -0.3 is 5.11 Å². The van der Waals surface area contributed by atoms with Crippen LogP contribution in [0.4, 0.5) is 0 Å². The monoisotopic (exact) mass is 245 g/mol. The first-order valence-corrected chi connectivity index (χ1v) is 6.33. The highest BCUT2D eigenvalue weighted by atomic mass is 16.3. The molecular formula is C14H15NO3. The van der Waals surface area contributed by atoms with Crippen molar-refractivity contribution in [2.75, 3.05) is 0 Å². The number of imide groups is 1. The molecule has 1 aliphatic heterocycles. The minimum Gasteiger partial charge on any atom is -0.393 e. The highest BCUT2D eigenvalue weighted by Crippen LogP contribution is 2.30. The zero-order valence-corrected chi connectivity index (χ0v) is 10.0. The second-order valence-corrected chi connectivity index (χ2v) is 5.00. The van der Waals surface area contributed by atoms with Crippen molar-refractivity contribution < 1.29 is 14.7 Å². The number of nitrogens with zero attached hydrogens (tertiary/aromatic N) is 1. The quantitative estimate of drug-likeness (QED) is 0.764. The summed E-state index contributed by atoms with van der Waals surface area (Å²) in [5.41, 5.74) is 0.977. The molecule has 4 nitrogen and oxygen atoms in total. The van der Waals surface area contributed by atoms with E-state index in [0.29, 0.717) is 17.5 Å². The van der Waals surface area contributed by atoms with Crippen LogP contribution < -0.4 is 0 Å². The SMILES string of the molecule is O=C1c2ccccc2C(=O)N1[C@@H]1CCC[C@H](O)C1. The number of benzene rings is 1. The van der Waals surface area contributed by atoms with Crippen LogP contribution in [0.2, 0.25) is 0 Å². The fourth-order valence-electron chi connectivity index (χ4n) is 2.91. The zero-order valence-electron chi connectivity index (χ0n) is 10.0. The molecule has 18 heavy (non-hydrogen) atoms. The Balaban J connectivity index is 1.92. The first-order valence-electron chi connectivity index (χ1n) is 6.33. The van der Waals surface area contributed by atoms with Crippen molar-refractivity contribution in [3.8, 4) is 0 Å². The van der Waals surface area contributed by atoms with Crippen LogP contribution in [0.25, 0.3) is 0 Å². The van der Waals surface area contributed by atoms with Crippen LogP contribution in [0.5, 0.6) is 0 Å². The summed E-state index contributed by atoms with van der Waals surface area (Å²) in [6.45, 7) is 0. The van der Waals surface area contributed by atoms with Crippen molar-refractivity contribution in [3.05, 3.63) is 35.4 Å². The fourth-order valence-corrected chi connectivity index (χ4v) is 2.91. The summed E-state index contributed by atoms with van der Waals surface area (Å²) >= 11 is 0. The predicted molar refractivity (Wildman–Crippen MR) is 65.2 cm³/mol. The van der Waals surface area contributed by atoms with E-state index in [1.807, 2.05) is 0 Å². The minimum atomic E-state index is -0.395. The standard InChI is InChI=1S/C14H15NO3/c16-10-5-3-4-9(8-10)15-13(17)11-6-1-2-7-12(11)14(15)18/h1-2,6-7,9-10,16H,3-5,8H2/t9-,10+/m1/s1. The van der Waals surface area contributed by atoms with Gasteiger partial charge in [-0.1, -0.05) is 12.1 Å². The van der Waals surface area contributed by atoms with Gasteiger partial charge in [-0.2, -0.15) is 0 Å². The number of carbonyl (C=O) groups excluding carboxylic acids is 2. The highest BCUT2D eigenvalue weighted by Gasteiger charge is 2.40. The molecule has 3 rings (SSSR count). The number of aliphatic hydroxyl groups excluding tert-OH is 1. The Morgan fingerprint density at radius 3 is 2.22 bits per heavy atom. The smallest absolute Gasteiger partial charge is 0.261 e. The van der Waals surface area contributed by atoms with Crippen molar-refractivity contribution >= 4 is 11.8 Å². The molecule has 0 aromatic heterocycles. The van der Waals surface area contributed by atoms with Crippen molar-refractivity contribution in [1.82, 2.24) is 4.90 Å². The molecule has 1 aromatic carbocycles. The van der Waals surface area contributed by atoms with Crippen LogP contribution in [-0.2, 0) is 0 Å². The van der Waals surface area contributed by atoms with Gasteiger partial charge in [0.1, 0.15) is 0 Å². The van der Waals surface area contributed by atoms with Crippen molar-refractivity contribution in [2.24, 2.45) is 0 Å². The van der Waals surface area contributed by atoms with Gasteiger partial charge in [0.25, 0.3) is 11.8 Å². The van der Waals surface area contributed by atoms with Gasteiger partial charge in [0.05, 0.1) is 17.2 Å². The molecule has 94 valence electrons. The maximum absolute atomic E-state index is 12.2. The molecule has 2 amide bonds. The molecule has 0 radical (unpaired) electrons. The van der Waals surface area contributed by atoms with E-state index >= 15 is 0 Å². The van der Waals surface area contributed by atoms with Crippen LogP contribution in [-0.4, -0.2) is 34.0 Å². The van der Waals surface area contributed by atoms with Gasteiger partial charge in [0.2, 0.25) is 0 Å². The molecule has 0 unspecified atom stereocenters. The number of fused-ring (bicyclic) bond motifs is 1. The summed E-state index contributed by atoms with van der Waals surface area (Å²) in [6.07, 6.45) is 2.53. The van der Waals surface area contributed by atoms with Gasteiger partial charge in [0, 0.05) is 6.04 Å². The van der Waals surface area contributed by atoms with Gasteiger partial charge >= 0.3 is 0 Å². The van der Waals surface area contributed by atoms with Crippen molar-refractivity contribution in [1.29, 1.82) is 0 Å². The first kappa shape index (κ1) is 11.4. The summed E-state index contributed by atoms with van der Waals surface area (Å²) in [5, 5.41) is 9.68. The first-order chi connectivity index (χ1) is 8.68. The number of hydrogen-bond donors (Lipinski definition) is 1. The van der Waals surface area contributed by atoms with Gasteiger partial charge in [-0.25, -0.2) is 0 Å². The van der Waals surface area contributed by atoms with Gasteiger partial charge in [-0.15, -0.1) is 0 Å². The predicted octanol–water partition coefficient (Wildman–Crippen LogP) is 1.59. The van der Waals surface area contributed by atoms with Crippen LogP contribution in [0.3, 0.4) is 0 Å². The molecule has 1 heterocycles. The molecule has 1 saturated carbocycles. The van der Waals surface area contributed by atoms with Crippen molar-refractivity contribution in [3.63, 3.8) is 0 Å². The van der Waals surface area contributed by atoms with Crippen molar-refractivity contribution in [2.45, 2.75) is 37.8 Å². The molecule has 1 aromatic rings. The number of hydrogen-bond acceptors (Lipinski definition) is 3. The summed E-state index contributed by atoms with van der Waals surface area (Å²) in [4.78, 5) is 25.8. The Kier molecular flexibility index (Phi) is 2.67. The van der Waals surface area contributed by atoms with Gasteiger partial charge in [0.15, 0.2) is 0 Å². The maximum Gasteiger partial charge on any atom is 0.261 e. The molecule has 0 saturated heterocycles. The van der Waals surface area contributed by atoms with Gasteiger partial charge in [-0.3, -0.25) is 14.5 Å². The third-order valence-corrected chi connectivity index (χ3v) is 3.81. The minimum absolute atomic E-state index is 0.152. The number of aliphatic hydroxyl groups is 1. The van der Waals surface area contributed by atoms with E-state index in [9.17, 15) is 14.7 Å². The zero-order chi connectivity index (χ0) is 12.7.